The first-order valence-electron chi connectivity index (χ1n) is 10.6. The molecular formula is C26H25ClN4O2. The summed E-state index contributed by atoms with van der Waals surface area (Å²) >= 11 is 6.28. The summed E-state index contributed by atoms with van der Waals surface area (Å²) in [6.07, 6.45) is 0. The van der Waals surface area contributed by atoms with Gasteiger partial charge < -0.3 is 20.5 Å². The summed E-state index contributed by atoms with van der Waals surface area (Å²) in [5.41, 5.74) is 4.13. The zero-order chi connectivity index (χ0) is 23.4. The van der Waals surface area contributed by atoms with Crippen LogP contribution in [0.1, 0.15) is 11.3 Å². The highest BCUT2D eigenvalue weighted by molar-refractivity contribution is 6.31. The van der Waals surface area contributed by atoms with Crippen molar-refractivity contribution in [2.75, 3.05) is 12.4 Å². The molecule has 3 aromatic carbocycles. The largest absolute Gasteiger partial charge is 0.332 e. The van der Waals surface area contributed by atoms with Crippen LogP contribution in [0.15, 0.2) is 77.6 Å². The van der Waals surface area contributed by atoms with Gasteiger partial charge in [-0.15, -0.1) is 0 Å². The molecular weight excluding hydrogens is 436 g/mol. The Labute approximate surface area is 197 Å². The molecule has 2 amide bonds. The van der Waals surface area contributed by atoms with Crippen molar-refractivity contribution in [3.8, 4) is 11.1 Å². The van der Waals surface area contributed by atoms with Gasteiger partial charge in [-0.2, -0.15) is 0 Å². The van der Waals surface area contributed by atoms with E-state index in [0.717, 1.165) is 22.1 Å². The molecule has 0 spiro atoms. The van der Waals surface area contributed by atoms with Gasteiger partial charge in [-0.1, -0.05) is 54.1 Å². The Morgan fingerprint density at radius 1 is 0.939 bits per heavy atom. The minimum absolute atomic E-state index is 0.140. The lowest BCUT2D eigenvalue weighted by Gasteiger charge is -2.18. The van der Waals surface area contributed by atoms with E-state index in [1.807, 2.05) is 61.6 Å². The van der Waals surface area contributed by atoms with E-state index in [9.17, 15) is 9.59 Å². The molecule has 7 heteroatoms. The molecule has 0 aliphatic carbocycles. The van der Waals surface area contributed by atoms with Gasteiger partial charge in [-0.25, -0.2) is 4.79 Å². The number of halogens is 1. The average molecular weight is 461 g/mol. The summed E-state index contributed by atoms with van der Waals surface area (Å²) < 4.78 is 1.59. The molecule has 0 saturated heterocycles. The van der Waals surface area contributed by atoms with Crippen LogP contribution in [0, 0.1) is 0 Å². The standard InChI is InChI=1S/C26H25ClN4O2/c1-28-15-17-7-6-10-20(13-17)30-26(33)29-16-23-24(18-8-4-3-5-9-18)22-14-19(27)11-12-21(22)25(32)31(23)2/h3-14,28H,15-16H2,1-2H3,(H2,29,30,33). The van der Waals surface area contributed by atoms with Gasteiger partial charge in [0.15, 0.2) is 0 Å². The zero-order valence-electron chi connectivity index (χ0n) is 18.5. The Kier molecular flexibility index (Phi) is 6.77. The third-order valence-electron chi connectivity index (χ3n) is 5.52. The van der Waals surface area contributed by atoms with Crippen LogP contribution >= 0.6 is 11.6 Å². The molecule has 0 fully saturated rings. The summed E-state index contributed by atoms with van der Waals surface area (Å²) in [6, 6.07) is 22.3. The maximum Gasteiger partial charge on any atom is 0.319 e. The highest BCUT2D eigenvalue weighted by Gasteiger charge is 2.17. The quantitative estimate of drug-likeness (QED) is 0.383. The van der Waals surface area contributed by atoms with Crippen molar-refractivity contribution in [3.63, 3.8) is 0 Å². The number of anilines is 1. The summed E-state index contributed by atoms with van der Waals surface area (Å²) in [4.78, 5) is 25.7. The molecule has 1 heterocycles. The monoisotopic (exact) mass is 460 g/mol. The lowest BCUT2D eigenvalue weighted by molar-refractivity contribution is 0.251. The van der Waals surface area contributed by atoms with Crippen molar-refractivity contribution < 1.29 is 4.79 Å². The van der Waals surface area contributed by atoms with Gasteiger partial charge in [0.1, 0.15) is 0 Å². The van der Waals surface area contributed by atoms with E-state index in [1.54, 1.807) is 29.8 Å². The number of hydrogen-bond acceptors (Lipinski definition) is 3. The van der Waals surface area contributed by atoms with Crippen molar-refractivity contribution in [3.05, 3.63) is 99.4 Å². The number of carbonyl (C=O) groups is 1. The molecule has 0 bridgehead atoms. The van der Waals surface area contributed by atoms with E-state index < -0.39 is 0 Å². The average Bonchev–Trinajstić information content (AvgIpc) is 2.81. The van der Waals surface area contributed by atoms with Gasteiger partial charge in [0.05, 0.1) is 6.54 Å². The van der Waals surface area contributed by atoms with Crippen LogP contribution in [0.4, 0.5) is 10.5 Å². The van der Waals surface area contributed by atoms with E-state index in [-0.39, 0.29) is 18.1 Å². The predicted molar refractivity (Wildman–Crippen MR) is 135 cm³/mol. The first kappa shape index (κ1) is 22.6. The van der Waals surface area contributed by atoms with Gasteiger partial charge in [0.2, 0.25) is 0 Å². The number of aromatic nitrogens is 1. The van der Waals surface area contributed by atoms with Gasteiger partial charge in [-0.3, -0.25) is 4.79 Å². The third kappa shape index (κ3) is 4.92. The Bertz CT molecular complexity index is 1370. The zero-order valence-corrected chi connectivity index (χ0v) is 19.2. The fraction of sp³-hybridized carbons (Fsp3) is 0.154. The maximum atomic E-state index is 13.1. The van der Waals surface area contributed by atoms with E-state index in [0.29, 0.717) is 28.3 Å². The molecule has 0 atom stereocenters. The molecule has 0 radical (unpaired) electrons. The molecule has 33 heavy (non-hydrogen) atoms. The molecule has 0 saturated carbocycles. The molecule has 3 N–H and O–H groups in total. The number of hydrogen-bond donors (Lipinski definition) is 3. The highest BCUT2D eigenvalue weighted by atomic mass is 35.5. The normalized spacial score (nSPS) is 10.9. The number of fused-ring (bicyclic) bond motifs is 1. The number of carbonyl (C=O) groups excluding carboxylic acids is 1. The van der Waals surface area contributed by atoms with Crippen LogP contribution in [0.2, 0.25) is 5.02 Å². The minimum Gasteiger partial charge on any atom is -0.332 e. The number of amides is 2. The molecule has 4 aromatic rings. The Morgan fingerprint density at radius 3 is 2.48 bits per heavy atom. The summed E-state index contributed by atoms with van der Waals surface area (Å²) in [5, 5.41) is 10.7. The number of nitrogens with one attached hydrogen (secondary N) is 3. The van der Waals surface area contributed by atoms with Gasteiger partial charge in [0.25, 0.3) is 5.56 Å². The fourth-order valence-corrected chi connectivity index (χ4v) is 4.14. The first-order chi connectivity index (χ1) is 16.0. The van der Waals surface area contributed by atoms with E-state index in [2.05, 4.69) is 16.0 Å². The van der Waals surface area contributed by atoms with Gasteiger partial charge in [0, 0.05) is 40.9 Å². The molecule has 0 unspecified atom stereocenters. The Hall–Kier alpha value is -3.61. The molecule has 0 aliphatic heterocycles. The number of urea groups is 1. The van der Waals surface area contributed by atoms with E-state index in [4.69, 9.17) is 11.6 Å². The van der Waals surface area contributed by atoms with Crippen molar-refractivity contribution in [1.29, 1.82) is 0 Å². The Morgan fingerprint density at radius 2 is 1.73 bits per heavy atom. The number of pyridine rings is 1. The SMILES string of the molecule is CNCc1cccc(NC(=O)NCc2c(-c3ccccc3)c3cc(Cl)ccc3c(=O)n2C)c1. The first-order valence-corrected chi connectivity index (χ1v) is 11.0. The van der Waals surface area contributed by atoms with Crippen molar-refractivity contribution >= 4 is 34.1 Å². The topological polar surface area (TPSA) is 75.2 Å². The maximum absolute atomic E-state index is 13.1. The predicted octanol–water partition coefficient (Wildman–Crippen LogP) is 4.90. The molecule has 1 aromatic heterocycles. The van der Waals surface area contributed by atoms with Crippen molar-refractivity contribution in [2.24, 2.45) is 7.05 Å². The Balaban J connectivity index is 1.69. The second-order valence-electron chi connectivity index (χ2n) is 7.78. The minimum atomic E-state index is -0.353. The van der Waals surface area contributed by atoms with Gasteiger partial charge in [-0.05, 0) is 53.9 Å². The number of rotatable bonds is 6. The van der Waals surface area contributed by atoms with E-state index >= 15 is 0 Å². The number of benzene rings is 3. The van der Waals surface area contributed by atoms with Gasteiger partial charge >= 0.3 is 6.03 Å². The molecule has 168 valence electrons. The molecule has 4 rings (SSSR count). The van der Waals surface area contributed by atoms with Crippen molar-refractivity contribution in [1.82, 2.24) is 15.2 Å². The molecule has 6 nitrogen and oxygen atoms in total. The summed E-state index contributed by atoms with van der Waals surface area (Å²) in [6.45, 7) is 0.875. The van der Waals surface area contributed by atoms with Crippen molar-refractivity contribution in [2.45, 2.75) is 13.1 Å². The van der Waals surface area contributed by atoms with Crippen LogP contribution < -0.4 is 21.5 Å². The van der Waals surface area contributed by atoms with Crippen LogP contribution in [-0.4, -0.2) is 17.6 Å². The lowest BCUT2D eigenvalue weighted by atomic mass is 9.96. The smallest absolute Gasteiger partial charge is 0.319 e. The van der Waals surface area contributed by atoms with Crippen LogP contribution in [0.3, 0.4) is 0 Å². The van der Waals surface area contributed by atoms with Crippen LogP contribution in [0.5, 0.6) is 0 Å². The van der Waals surface area contributed by atoms with Crippen LogP contribution in [-0.2, 0) is 20.1 Å². The second-order valence-corrected chi connectivity index (χ2v) is 8.22. The summed E-state index contributed by atoms with van der Waals surface area (Å²) in [5.74, 6) is 0. The second kappa shape index (κ2) is 9.90. The van der Waals surface area contributed by atoms with Crippen LogP contribution in [0.25, 0.3) is 21.9 Å². The lowest BCUT2D eigenvalue weighted by Crippen LogP contribution is -2.32. The third-order valence-corrected chi connectivity index (χ3v) is 5.76. The fourth-order valence-electron chi connectivity index (χ4n) is 3.97. The number of nitrogens with zero attached hydrogens (tertiary/aromatic N) is 1. The summed E-state index contributed by atoms with van der Waals surface area (Å²) in [7, 11) is 3.59. The van der Waals surface area contributed by atoms with E-state index in [1.165, 1.54) is 0 Å². The highest BCUT2D eigenvalue weighted by Crippen LogP contribution is 2.32. The molecule has 0 aliphatic rings.